The van der Waals surface area contributed by atoms with Crippen molar-refractivity contribution < 1.29 is 4.39 Å². The van der Waals surface area contributed by atoms with Gasteiger partial charge in [-0.25, -0.2) is 18.9 Å². The number of fused-ring (bicyclic) bond motifs is 4. The number of hydrogen-bond acceptors (Lipinski definition) is 6. The van der Waals surface area contributed by atoms with Crippen molar-refractivity contribution in [1.29, 1.82) is 0 Å². The highest BCUT2D eigenvalue weighted by molar-refractivity contribution is 6.37. The van der Waals surface area contributed by atoms with E-state index in [1.807, 2.05) is 6.07 Å². The maximum atomic E-state index is 13.5. The predicted octanol–water partition coefficient (Wildman–Crippen LogP) is 4.51. The number of nitrogens with one attached hydrogen (secondary N) is 2. The van der Waals surface area contributed by atoms with Crippen molar-refractivity contribution >= 4 is 51.6 Å². The van der Waals surface area contributed by atoms with E-state index in [2.05, 4.69) is 37.7 Å². The Balaban J connectivity index is 1.39. The van der Waals surface area contributed by atoms with Gasteiger partial charge in [0.15, 0.2) is 5.65 Å². The highest BCUT2D eigenvalue weighted by atomic mass is 35.5. The molecule has 0 aliphatic heterocycles. The van der Waals surface area contributed by atoms with Gasteiger partial charge in [0, 0.05) is 36.9 Å². The molecule has 11 heteroatoms. The van der Waals surface area contributed by atoms with Crippen LogP contribution in [0.3, 0.4) is 0 Å². The molecule has 0 spiro atoms. The lowest BCUT2D eigenvalue weighted by molar-refractivity contribution is 0.434. The SMILES string of the molecule is O=c1c2cnc(Nc3ccc4c(c3)CC(NCCF)C4)nc2n2ccnc2n1-c1c(Cl)cccc1Cl. The zero-order valence-corrected chi connectivity index (χ0v) is 20.4. The first-order valence-corrected chi connectivity index (χ1v) is 12.2. The van der Waals surface area contributed by atoms with Gasteiger partial charge in [0.1, 0.15) is 12.1 Å². The van der Waals surface area contributed by atoms with Crippen LogP contribution < -0.4 is 16.2 Å². The van der Waals surface area contributed by atoms with E-state index in [4.69, 9.17) is 23.2 Å². The van der Waals surface area contributed by atoms with Crippen molar-refractivity contribution in [2.24, 2.45) is 0 Å². The lowest BCUT2D eigenvalue weighted by Crippen LogP contribution is -2.31. The molecule has 3 heterocycles. The summed E-state index contributed by atoms with van der Waals surface area (Å²) >= 11 is 12.8. The highest BCUT2D eigenvalue weighted by Gasteiger charge is 2.22. The van der Waals surface area contributed by atoms with E-state index in [1.165, 1.54) is 21.9 Å². The van der Waals surface area contributed by atoms with Crippen LogP contribution in [0.25, 0.3) is 22.5 Å². The molecule has 36 heavy (non-hydrogen) atoms. The minimum atomic E-state index is -0.380. The number of anilines is 2. The van der Waals surface area contributed by atoms with Crippen molar-refractivity contribution in [3.8, 4) is 5.69 Å². The van der Waals surface area contributed by atoms with Gasteiger partial charge in [0.25, 0.3) is 5.56 Å². The van der Waals surface area contributed by atoms with E-state index in [1.54, 1.807) is 35.0 Å². The summed E-state index contributed by atoms with van der Waals surface area (Å²) in [4.78, 5) is 26.9. The molecule has 3 aromatic heterocycles. The second kappa shape index (κ2) is 9.16. The number of halogens is 3. The van der Waals surface area contributed by atoms with Crippen molar-refractivity contribution in [2.75, 3.05) is 18.5 Å². The summed E-state index contributed by atoms with van der Waals surface area (Å²) < 4.78 is 15.6. The van der Waals surface area contributed by atoms with Crippen LogP contribution in [0, 0.1) is 0 Å². The maximum Gasteiger partial charge on any atom is 0.270 e. The van der Waals surface area contributed by atoms with Crippen LogP contribution in [0.4, 0.5) is 16.0 Å². The molecule has 1 aliphatic rings. The van der Waals surface area contributed by atoms with Gasteiger partial charge >= 0.3 is 0 Å². The average molecular weight is 524 g/mol. The van der Waals surface area contributed by atoms with E-state index in [0.717, 1.165) is 18.5 Å². The Morgan fingerprint density at radius 1 is 1.08 bits per heavy atom. The normalized spacial score (nSPS) is 15.0. The number of aromatic nitrogens is 5. The summed E-state index contributed by atoms with van der Waals surface area (Å²) in [5.41, 5.74) is 3.65. The van der Waals surface area contributed by atoms with Crippen molar-refractivity contribution in [3.63, 3.8) is 0 Å². The lowest BCUT2D eigenvalue weighted by Gasteiger charge is -2.14. The zero-order valence-electron chi connectivity index (χ0n) is 18.9. The Labute approximate surface area is 214 Å². The van der Waals surface area contributed by atoms with Crippen LogP contribution in [0.5, 0.6) is 0 Å². The Morgan fingerprint density at radius 3 is 2.69 bits per heavy atom. The van der Waals surface area contributed by atoms with Crippen molar-refractivity contribution in [2.45, 2.75) is 18.9 Å². The Morgan fingerprint density at radius 2 is 1.89 bits per heavy atom. The lowest BCUT2D eigenvalue weighted by atomic mass is 10.1. The fraction of sp³-hybridized carbons (Fsp3) is 0.200. The Hall–Kier alpha value is -3.53. The molecular formula is C25H20Cl2FN7O. The molecule has 1 unspecified atom stereocenters. The second-order valence-electron chi connectivity index (χ2n) is 8.60. The molecule has 0 saturated carbocycles. The predicted molar refractivity (Wildman–Crippen MR) is 139 cm³/mol. The molecule has 8 nitrogen and oxygen atoms in total. The first-order valence-electron chi connectivity index (χ1n) is 11.4. The number of alkyl halides is 1. The minimum Gasteiger partial charge on any atom is -0.324 e. The highest BCUT2D eigenvalue weighted by Crippen LogP contribution is 2.30. The van der Waals surface area contributed by atoms with Crippen molar-refractivity contribution in [1.82, 2.24) is 29.2 Å². The van der Waals surface area contributed by atoms with Gasteiger partial charge < -0.3 is 10.6 Å². The van der Waals surface area contributed by atoms with Crippen LogP contribution in [0.15, 0.2) is 59.8 Å². The van der Waals surface area contributed by atoms with Crippen LogP contribution in [-0.4, -0.2) is 43.2 Å². The molecule has 0 radical (unpaired) electrons. The molecule has 0 fully saturated rings. The largest absolute Gasteiger partial charge is 0.324 e. The summed E-state index contributed by atoms with van der Waals surface area (Å²) in [6.07, 6.45) is 6.50. The van der Waals surface area contributed by atoms with E-state index < -0.39 is 0 Å². The van der Waals surface area contributed by atoms with Gasteiger partial charge in [0.05, 0.1) is 15.7 Å². The van der Waals surface area contributed by atoms with Gasteiger partial charge in [-0.15, -0.1) is 0 Å². The summed E-state index contributed by atoms with van der Waals surface area (Å²) in [5.74, 6) is 0.673. The van der Waals surface area contributed by atoms with E-state index in [9.17, 15) is 9.18 Å². The minimum absolute atomic E-state index is 0.242. The number of benzene rings is 2. The second-order valence-corrected chi connectivity index (χ2v) is 9.41. The summed E-state index contributed by atoms with van der Waals surface area (Å²) in [6, 6.07) is 11.4. The van der Waals surface area contributed by atoms with Crippen molar-refractivity contribution in [3.05, 3.63) is 86.5 Å². The third-order valence-electron chi connectivity index (χ3n) is 6.34. The standard InChI is InChI=1S/C25H20Cl2FN7O/c26-19-2-1-3-20(27)21(19)35-23(36)18-13-31-24(33-22(18)34-9-8-30-25(34)35)32-16-5-4-14-10-17(29-7-6-28)12-15(14)11-16/h1-5,8-9,11,13,17,29H,6-7,10,12H2,(H,31,32,33). The van der Waals surface area contributed by atoms with E-state index >= 15 is 0 Å². The van der Waals surface area contributed by atoms with Gasteiger partial charge in [0.2, 0.25) is 11.7 Å². The van der Waals surface area contributed by atoms with Gasteiger partial charge in [-0.05, 0) is 48.2 Å². The zero-order chi connectivity index (χ0) is 24.8. The van der Waals surface area contributed by atoms with Gasteiger partial charge in [-0.2, -0.15) is 4.98 Å². The molecule has 0 amide bonds. The van der Waals surface area contributed by atoms with Crippen LogP contribution in [0.2, 0.25) is 10.0 Å². The molecule has 182 valence electrons. The Kier molecular flexibility index (Phi) is 5.83. The number of rotatable bonds is 6. The summed E-state index contributed by atoms with van der Waals surface area (Å²) in [6.45, 7) is -0.0125. The third-order valence-corrected chi connectivity index (χ3v) is 6.95. The monoisotopic (exact) mass is 523 g/mol. The molecule has 1 atom stereocenters. The summed E-state index contributed by atoms with van der Waals surface area (Å²) in [5, 5.41) is 7.41. The number of imidazole rings is 1. The van der Waals surface area contributed by atoms with Gasteiger partial charge in [-0.1, -0.05) is 35.3 Å². The molecule has 1 aliphatic carbocycles. The topological polar surface area (TPSA) is 89.1 Å². The maximum absolute atomic E-state index is 13.5. The Bertz CT molecular complexity index is 1660. The van der Waals surface area contributed by atoms with Crippen LogP contribution in [-0.2, 0) is 12.8 Å². The molecule has 0 saturated heterocycles. The molecule has 2 N–H and O–H groups in total. The first-order chi connectivity index (χ1) is 17.5. The van der Waals surface area contributed by atoms with E-state index in [-0.39, 0.29) is 23.7 Å². The molecular weight excluding hydrogens is 504 g/mol. The molecule has 5 aromatic rings. The van der Waals surface area contributed by atoms with Crippen LogP contribution >= 0.6 is 23.2 Å². The average Bonchev–Trinajstić information content (AvgIpc) is 3.51. The fourth-order valence-electron chi connectivity index (χ4n) is 4.74. The quantitative estimate of drug-likeness (QED) is 0.340. The fourth-order valence-corrected chi connectivity index (χ4v) is 5.30. The number of hydrogen-bond donors (Lipinski definition) is 2. The number of nitrogens with zero attached hydrogens (tertiary/aromatic N) is 5. The smallest absolute Gasteiger partial charge is 0.270 e. The van der Waals surface area contributed by atoms with E-state index in [0.29, 0.717) is 39.7 Å². The molecule has 2 aromatic carbocycles. The third kappa shape index (κ3) is 3.89. The molecule has 0 bridgehead atoms. The molecule has 6 rings (SSSR count). The van der Waals surface area contributed by atoms with Crippen LogP contribution in [0.1, 0.15) is 11.1 Å². The number of para-hydroxylation sites is 1. The van der Waals surface area contributed by atoms with Gasteiger partial charge in [-0.3, -0.25) is 9.20 Å². The first kappa shape index (κ1) is 22.9. The summed E-state index contributed by atoms with van der Waals surface area (Å²) in [7, 11) is 0.